The van der Waals surface area contributed by atoms with Gasteiger partial charge in [0.2, 0.25) is 17.7 Å². The molecule has 1 aromatic carbocycles. The summed E-state index contributed by atoms with van der Waals surface area (Å²) < 4.78 is 0. The molecule has 0 unspecified atom stereocenters. The number of hydrogen-bond acceptors (Lipinski definition) is 7. The van der Waals surface area contributed by atoms with Gasteiger partial charge in [-0.25, -0.2) is 4.79 Å². The summed E-state index contributed by atoms with van der Waals surface area (Å²) in [7, 11) is 0. The van der Waals surface area contributed by atoms with E-state index in [1.807, 2.05) is 0 Å². The fourth-order valence-corrected chi connectivity index (χ4v) is 2.99. The van der Waals surface area contributed by atoms with Crippen LogP contribution in [0.5, 0.6) is 5.75 Å². The van der Waals surface area contributed by atoms with Gasteiger partial charge in [0.1, 0.15) is 29.9 Å². The van der Waals surface area contributed by atoms with E-state index >= 15 is 0 Å². The first-order valence-corrected chi connectivity index (χ1v) is 10.7. The number of aromatic hydroxyl groups is 1. The molecule has 0 spiro atoms. The number of aliphatic hydroxyl groups is 1. The second-order valence-electron chi connectivity index (χ2n) is 8.52. The third-order valence-electron chi connectivity index (χ3n) is 5.02. The first kappa shape index (κ1) is 27.9. The summed E-state index contributed by atoms with van der Waals surface area (Å²) in [5.74, 6) is -4.00. The van der Waals surface area contributed by atoms with Crippen molar-refractivity contribution in [3.05, 3.63) is 29.8 Å². The van der Waals surface area contributed by atoms with Crippen LogP contribution >= 0.6 is 0 Å². The third-order valence-corrected chi connectivity index (χ3v) is 5.02. The molecule has 0 saturated heterocycles. The molecule has 0 fully saturated rings. The molecular weight excluding hydrogens is 432 g/mol. The molecule has 1 aromatic rings. The van der Waals surface area contributed by atoms with Crippen LogP contribution in [0.2, 0.25) is 0 Å². The molecule has 11 heteroatoms. The Labute approximate surface area is 192 Å². The molecule has 0 bridgehead atoms. The van der Waals surface area contributed by atoms with Crippen molar-refractivity contribution in [2.45, 2.75) is 58.3 Å². The molecule has 0 heterocycles. The lowest BCUT2D eigenvalue weighted by Gasteiger charge is -2.28. The zero-order valence-corrected chi connectivity index (χ0v) is 19.2. The normalized spacial score (nSPS) is 14.8. The minimum atomic E-state index is -1.26. The van der Waals surface area contributed by atoms with E-state index in [1.54, 1.807) is 39.8 Å². The van der Waals surface area contributed by atoms with Crippen molar-refractivity contribution in [3.63, 3.8) is 0 Å². The number of nitrogens with one attached hydrogen (secondary N) is 3. The summed E-state index contributed by atoms with van der Waals surface area (Å²) in [5.41, 5.74) is 6.08. The van der Waals surface area contributed by atoms with E-state index in [-0.39, 0.29) is 24.0 Å². The Morgan fingerprint density at radius 2 is 1.30 bits per heavy atom. The summed E-state index contributed by atoms with van der Waals surface area (Å²) in [6, 6.07) is 1.38. The van der Waals surface area contributed by atoms with E-state index in [1.165, 1.54) is 12.1 Å². The molecule has 0 saturated carbocycles. The maximum atomic E-state index is 12.9. The Kier molecular flexibility index (Phi) is 10.8. The summed E-state index contributed by atoms with van der Waals surface area (Å²) in [6.45, 7) is 6.16. The maximum absolute atomic E-state index is 12.9. The number of phenols is 1. The van der Waals surface area contributed by atoms with E-state index in [0.29, 0.717) is 5.56 Å². The van der Waals surface area contributed by atoms with Gasteiger partial charge in [0.05, 0.1) is 6.61 Å². The van der Waals surface area contributed by atoms with Crippen molar-refractivity contribution in [2.24, 2.45) is 17.6 Å². The average Bonchev–Trinajstić information content (AvgIpc) is 2.74. The Bertz CT molecular complexity index is 827. The van der Waals surface area contributed by atoms with Crippen LogP contribution in [0.4, 0.5) is 0 Å². The van der Waals surface area contributed by atoms with Crippen LogP contribution in [-0.2, 0) is 25.6 Å². The van der Waals surface area contributed by atoms with Crippen molar-refractivity contribution in [1.82, 2.24) is 16.0 Å². The van der Waals surface area contributed by atoms with Gasteiger partial charge in [0, 0.05) is 6.42 Å². The number of aliphatic hydroxyl groups excluding tert-OH is 1. The molecule has 4 atom stereocenters. The van der Waals surface area contributed by atoms with Gasteiger partial charge in [-0.05, 0) is 29.5 Å². The largest absolute Gasteiger partial charge is 0.508 e. The van der Waals surface area contributed by atoms with Gasteiger partial charge in [-0.1, -0.05) is 39.8 Å². The number of benzene rings is 1. The van der Waals surface area contributed by atoms with Crippen LogP contribution in [-0.4, -0.2) is 69.8 Å². The molecule has 0 aromatic heterocycles. The lowest BCUT2D eigenvalue weighted by molar-refractivity contribution is -0.142. The zero-order valence-electron chi connectivity index (χ0n) is 19.2. The fraction of sp³-hybridized carbons (Fsp3) is 0.545. The van der Waals surface area contributed by atoms with Crippen LogP contribution in [0.1, 0.15) is 33.3 Å². The lowest BCUT2D eigenvalue weighted by atomic mass is 9.98. The van der Waals surface area contributed by atoms with Gasteiger partial charge in [-0.3, -0.25) is 14.4 Å². The summed E-state index contributed by atoms with van der Waals surface area (Å²) in [4.78, 5) is 49.4. The first-order valence-electron chi connectivity index (χ1n) is 10.7. The lowest BCUT2D eigenvalue weighted by Crippen LogP contribution is -2.60. The molecule has 11 nitrogen and oxygen atoms in total. The van der Waals surface area contributed by atoms with E-state index in [0.717, 1.165) is 0 Å². The highest BCUT2D eigenvalue weighted by molar-refractivity contribution is 5.94. The Morgan fingerprint density at radius 1 is 0.848 bits per heavy atom. The van der Waals surface area contributed by atoms with Gasteiger partial charge in [-0.2, -0.15) is 0 Å². The number of hydrogen-bond donors (Lipinski definition) is 7. The molecule has 1 rings (SSSR count). The minimum Gasteiger partial charge on any atom is -0.508 e. The standard InChI is InChI=1S/C22H34N4O7/c1-11(2)17(26-21(31)18(12(3)4)25-19(29)15(23)10-27)20(30)24-16(22(32)33)9-13-5-7-14(28)8-6-13/h5-8,11-12,15-18,27-28H,9-10,23H2,1-4H3,(H,24,30)(H,25,29)(H,26,31)(H,32,33)/t15-,16-,17-,18-/m0/s1. The van der Waals surface area contributed by atoms with Crippen LogP contribution in [0.3, 0.4) is 0 Å². The van der Waals surface area contributed by atoms with E-state index < -0.39 is 54.5 Å². The number of nitrogens with two attached hydrogens (primary N) is 1. The summed E-state index contributed by atoms with van der Waals surface area (Å²) >= 11 is 0. The van der Waals surface area contributed by atoms with Crippen LogP contribution in [0, 0.1) is 11.8 Å². The molecule has 0 aliphatic heterocycles. The number of amides is 3. The Hall–Kier alpha value is -3.18. The number of carboxylic acid groups (broad SMARTS) is 1. The molecule has 184 valence electrons. The first-order chi connectivity index (χ1) is 15.4. The number of carboxylic acids is 1. The van der Waals surface area contributed by atoms with Crippen LogP contribution in [0.25, 0.3) is 0 Å². The van der Waals surface area contributed by atoms with Gasteiger partial charge in [0.15, 0.2) is 0 Å². The molecule has 8 N–H and O–H groups in total. The second-order valence-corrected chi connectivity index (χ2v) is 8.52. The SMILES string of the molecule is CC(C)[C@H](NC(=O)[C@@H](NC(=O)[C@@H](N)CO)C(C)C)C(=O)N[C@@H](Cc1ccc(O)cc1)C(=O)O. The molecule has 0 radical (unpaired) electrons. The van der Waals surface area contributed by atoms with E-state index in [4.69, 9.17) is 10.8 Å². The monoisotopic (exact) mass is 466 g/mol. The predicted octanol–water partition coefficient (Wildman–Crippen LogP) is -0.895. The summed E-state index contributed by atoms with van der Waals surface area (Å²) in [5, 5.41) is 35.4. The molecule has 3 amide bonds. The van der Waals surface area contributed by atoms with Gasteiger partial charge in [-0.15, -0.1) is 0 Å². The minimum absolute atomic E-state index is 0.0240. The van der Waals surface area contributed by atoms with Crippen molar-refractivity contribution in [1.29, 1.82) is 0 Å². The number of aliphatic carboxylic acids is 1. The smallest absolute Gasteiger partial charge is 0.326 e. The van der Waals surface area contributed by atoms with Crippen LogP contribution in [0.15, 0.2) is 24.3 Å². The topological polar surface area (TPSA) is 191 Å². The Morgan fingerprint density at radius 3 is 1.73 bits per heavy atom. The highest BCUT2D eigenvalue weighted by Gasteiger charge is 2.33. The average molecular weight is 467 g/mol. The number of phenolic OH excluding ortho intramolecular Hbond substituents is 1. The van der Waals surface area contributed by atoms with Crippen molar-refractivity contribution in [3.8, 4) is 5.75 Å². The molecular formula is C22H34N4O7. The van der Waals surface area contributed by atoms with E-state index in [9.17, 15) is 29.4 Å². The zero-order chi connectivity index (χ0) is 25.3. The number of carbonyl (C=O) groups excluding carboxylic acids is 3. The van der Waals surface area contributed by atoms with Crippen molar-refractivity contribution >= 4 is 23.7 Å². The highest BCUT2D eigenvalue weighted by atomic mass is 16.4. The highest BCUT2D eigenvalue weighted by Crippen LogP contribution is 2.12. The number of rotatable bonds is 12. The fourth-order valence-electron chi connectivity index (χ4n) is 2.99. The summed E-state index contributed by atoms with van der Waals surface area (Å²) in [6.07, 6.45) is -0.0240. The second kappa shape index (κ2) is 12.8. The molecule has 0 aliphatic rings. The maximum Gasteiger partial charge on any atom is 0.326 e. The third kappa shape index (κ3) is 8.70. The molecule has 33 heavy (non-hydrogen) atoms. The Balaban J connectivity index is 2.94. The van der Waals surface area contributed by atoms with Crippen LogP contribution < -0.4 is 21.7 Å². The van der Waals surface area contributed by atoms with Gasteiger partial charge in [0.25, 0.3) is 0 Å². The van der Waals surface area contributed by atoms with Gasteiger partial charge < -0.3 is 37.0 Å². The van der Waals surface area contributed by atoms with Gasteiger partial charge >= 0.3 is 5.97 Å². The van der Waals surface area contributed by atoms with E-state index in [2.05, 4.69) is 16.0 Å². The number of carbonyl (C=O) groups is 4. The quantitative estimate of drug-likeness (QED) is 0.206. The van der Waals surface area contributed by atoms with Crippen molar-refractivity contribution in [2.75, 3.05) is 6.61 Å². The molecule has 0 aliphatic carbocycles. The predicted molar refractivity (Wildman–Crippen MR) is 120 cm³/mol. The van der Waals surface area contributed by atoms with Crippen molar-refractivity contribution < 1.29 is 34.5 Å².